The van der Waals surface area contributed by atoms with Gasteiger partial charge in [0.2, 0.25) is 5.78 Å². The van der Waals surface area contributed by atoms with E-state index in [1.165, 1.54) is 11.1 Å². The first-order valence-corrected chi connectivity index (χ1v) is 6.86. The van der Waals surface area contributed by atoms with Gasteiger partial charge in [-0.2, -0.15) is 0 Å². The van der Waals surface area contributed by atoms with Gasteiger partial charge in [0, 0.05) is 5.56 Å². The van der Waals surface area contributed by atoms with Crippen molar-refractivity contribution >= 4 is 21.7 Å². The minimum absolute atomic E-state index is 0.0712. The van der Waals surface area contributed by atoms with Crippen LogP contribution in [-0.4, -0.2) is 5.78 Å². The highest BCUT2D eigenvalue weighted by atomic mass is 79.9. The van der Waals surface area contributed by atoms with Crippen LogP contribution in [0.2, 0.25) is 0 Å². The van der Waals surface area contributed by atoms with Gasteiger partial charge in [0.05, 0.1) is 0 Å². The summed E-state index contributed by atoms with van der Waals surface area (Å²) in [6.07, 6.45) is 1.93. The zero-order valence-electron chi connectivity index (χ0n) is 10.5. The molecule has 3 heteroatoms. The molecular formula is C15H15BrO2. The number of halogens is 1. The first-order chi connectivity index (χ1) is 8.65. The molecule has 94 valence electrons. The van der Waals surface area contributed by atoms with E-state index in [0.29, 0.717) is 16.0 Å². The van der Waals surface area contributed by atoms with Gasteiger partial charge in [-0.1, -0.05) is 26.0 Å². The Labute approximate surface area is 115 Å². The summed E-state index contributed by atoms with van der Waals surface area (Å²) in [4.78, 5) is 12.2. The Bertz CT molecular complexity index is 570. The summed E-state index contributed by atoms with van der Waals surface area (Å²) in [6.45, 7) is 4.23. The average Bonchev–Trinajstić information content (AvgIpc) is 2.83. The molecule has 0 unspecified atom stereocenters. The van der Waals surface area contributed by atoms with Crippen LogP contribution in [0.15, 0.2) is 39.4 Å². The third-order valence-corrected chi connectivity index (χ3v) is 3.45. The number of carbonyl (C=O) groups is 1. The molecule has 1 aromatic carbocycles. The molecule has 2 rings (SSSR count). The lowest BCUT2D eigenvalue weighted by molar-refractivity contribution is 0.101. The number of benzene rings is 1. The van der Waals surface area contributed by atoms with Gasteiger partial charge in [0.25, 0.3) is 0 Å². The molecule has 0 saturated carbocycles. The molecule has 1 heterocycles. The van der Waals surface area contributed by atoms with Gasteiger partial charge in [-0.15, -0.1) is 0 Å². The molecule has 1 aromatic heterocycles. The van der Waals surface area contributed by atoms with Crippen molar-refractivity contribution in [2.75, 3.05) is 0 Å². The van der Waals surface area contributed by atoms with Crippen molar-refractivity contribution in [3.63, 3.8) is 0 Å². The largest absolute Gasteiger partial charge is 0.446 e. The maximum Gasteiger partial charge on any atom is 0.228 e. The second-order valence-electron chi connectivity index (χ2n) is 4.12. The van der Waals surface area contributed by atoms with E-state index >= 15 is 0 Å². The second-order valence-corrected chi connectivity index (χ2v) is 4.91. The minimum atomic E-state index is -0.0712. The van der Waals surface area contributed by atoms with E-state index in [9.17, 15) is 4.79 Å². The number of ketones is 1. The molecular weight excluding hydrogens is 292 g/mol. The molecule has 0 amide bonds. The van der Waals surface area contributed by atoms with Crippen LogP contribution >= 0.6 is 15.9 Å². The van der Waals surface area contributed by atoms with E-state index < -0.39 is 0 Å². The van der Waals surface area contributed by atoms with Crippen LogP contribution in [0.3, 0.4) is 0 Å². The molecule has 0 bridgehead atoms. The lowest BCUT2D eigenvalue weighted by atomic mass is 9.98. The van der Waals surface area contributed by atoms with Gasteiger partial charge >= 0.3 is 0 Å². The fraction of sp³-hybridized carbons (Fsp3) is 0.267. The minimum Gasteiger partial charge on any atom is -0.446 e. The molecule has 2 aromatic rings. The first kappa shape index (κ1) is 13.1. The quantitative estimate of drug-likeness (QED) is 0.784. The highest BCUT2D eigenvalue weighted by Crippen LogP contribution is 2.20. The summed E-state index contributed by atoms with van der Waals surface area (Å²) < 4.78 is 5.87. The molecule has 0 aliphatic rings. The predicted molar refractivity (Wildman–Crippen MR) is 75.0 cm³/mol. The summed E-state index contributed by atoms with van der Waals surface area (Å²) >= 11 is 3.21. The van der Waals surface area contributed by atoms with Gasteiger partial charge < -0.3 is 4.42 Å². The Hall–Kier alpha value is -1.35. The van der Waals surface area contributed by atoms with E-state index in [4.69, 9.17) is 4.42 Å². The number of carbonyl (C=O) groups excluding carboxylic acids is 1. The smallest absolute Gasteiger partial charge is 0.228 e. The van der Waals surface area contributed by atoms with Crippen LogP contribution in [0.4, 0.5) is 0 Å². The normalized spacial score (nSPS) is 10.6. The highest BCUT2D eigenvalue weighted by molar-refractivity contribution is 9.10. The third-order valence-electron chi connectivity index (χ3n) is 3.03. The Kier molecular flexibility index (Phi) is 4.02. The van der Waals surface area contributed by atoms with Gasteiger partial charge in [-0.25, -0.2) is 0 Å². The topological polar surface area (TPSA) is 30.2 Å². The van der Waals surface area contributed by atoms with Gasteiger partial charge in [0.1, 0.15) is 0 Å². The monoisotopic (exact) mass is 306 g/mol. The van der Waals surface area contributed by atoms with Gasteiger partial charge in [-0.3, -0.25) is 4.79 Å². The fourth-order valence-corrected chi connectivity index (χ4v) is 2.33. The van der Waals surface area contributed by atoms with Crippen LogP contribution in [0.5, 0.6) is 0 Å². The average molecular weight is 307 g/mol. The molecule has 0 fully saturated rings. The van der Waals surface area contributed by atoms with Crippen LogP contribution in [-0.2, 0) is 12.8 Å². The maximum absolute atomic E-state index is 12.2. The van der Waals surface area contributed by atoms with Crippen molar-refractivity contribution in [3.8, 4) is 0 Å². The molecule has 2 nitrogen and oxygen atoms in total. The summed E-state index contributed by atoms with van der Waals surface area (Å²) in [6, 6.07) is 9.29. The molecule has 0 spiro atoms. The molecule has 0 aliphatic carbocycles. The molecule has 18 heavy (non-hydrogen) atoms. The van der Waals surface area contributed by atoms with Crippen LogP contribution in [0.1, 0.15) is 41.1 Å². The highest BCUT2D eigenvalue weighted by Gasteiger charge is 2.14. The van der Waals surface area contributed by atoms with Crippen molar-refractivity contribution in [2.45, 2.75) is 26.7 Å². The summed E-state index contributed by atoms with van der Waals surface area (Å²) in [5.41, 5.74) is 3.22. The number of hydrogen-bond acceptors (Lipinski definition) is 2. The van der Waals surface area contributed by atoms with Crippen molar-refractivity contribution in [1.29, 1.82) is 0 Å². The lowest BCUT2D eigenvalue weighted by Crippen LogP contribution is -2.02. The molecule has 0 atom stereocenters. The lowest BCUT2D eigenvalue weighted by Gasteiger charge is -2.07. The van der Waals surface area contributed by atoms with Gasteiger partial charge in [-0.05, 0) is 58.1 Å². The Morgan fingerprint density at radius 3 is 2.39 bits per heavy atom. The van der Waals surface area contributed by atoms with E-state index in [-0.39, 0.29) is 5.78 Å². The number of furan rings is 1. The third kappa shape index (κ3) is 2.56. The zero-order chi connectivity index (χ0) is 13.1. The van der Waals surface area contributed by atoms with Crippen molar-refractivity contribution in [2.24, 2.45) is 0 Å². The van der Waals surface area contributed by atoms with E-state index in [1.54, 1.807) is 12.1 Å². The Balaban J connectivity index is 2.36. The van der Waals surface area contributed by atoms with E-state index in [0.717, 1.165) is 12.8 Å². The summed E-state index contributed by atoms with van der Waals surface area (Å²) in [5, 5.41) is 0. The standard InChI is InChI=1S/C15H15BrO2/c1-3-10-5-6-12(9-11(10)4-2)15(17)13-7-8-14(16)18-13/h5-9H,3-4H2,1-2H3. The summed E-state index contributed by atoms with van der Waals surface area (Å²) in [7, 11) is 0. The number of rotatable bonds is 4. The fourth-order valence-electron chi connectivity index (χ4n) is 2.02. The number of hydrogen-bond donors (Lipinski definition) is 0. The van der Waals surface area contributed by atoms with Crippen LogP contribution in [0.25, 0.3) is 0 Å². The Morgan fingerprint density at radius 2 is 1.83 bits per heavy atom. The first-order valence-electron chi connectivity index (χ1n) is 6.07. The van der Waals surface area contributed by atoms with Crippen molar-refractivity contribution in [3.05, 3.63) is 57.5 Å². The Morgan fingerprint density at radius 1 is 1.11 bits per heavy atom. The van der Waals surface area contributed by atoms with Crippen molar-refractivity contribution in [1.82, 2.24) is 0 Å². The van der Waals surface area contributed by atoms with E-state index in [2.05, 4.69) is 29.8 Å². The van der Waals surface area contributed by atoms with Gasteiger partial charge in [0.15, 0.2) is 10.4 Å². The molecule has 0 N–H and O–H groups in total. The zero-order valence-corrected chi connectivity index (χ0v) is 12.1. The molecule has 0 radical (unpaired) electrons. The number of aryl methyl sites for hydroxylation is 2. The maximum atomic E-state index is 12.2. The molecule has 0 saturated heterocycles. The van der Waals surface area contributed by atoms with Crippen LogP contribution in [0, 0.1) is 0 Å². The predicted octanol–water partition coefficient (Wildman–Crippen LogP) is 4.40. The summed E-state index contributed by atoms with van der Waals surface area (Å²) in [5.74, 6) is 0.297. The van der Waals surface area contributed by atoms with Crippen LogP contribution < -0.4 is 0 Å². The van der Waals surface area contributed by atoms with Crippen molar-refractivity contribution < 1.29 is 9.21 Å². The SMILES string of the molecule is CCc1ccc(C(=O)c2ccc(Br)o2)cc1CC. The molecule has 0 aliphatic heterocycles. The second kappa shape index (κ2) is 5.53. The van der Waals surface area contributed by atoms with E-state index in [1.807, 2.05) is 18.2 Å².